The normalized spacial score (nSPS) is 15.1. The lowest BCUT2D eigenvalue weighted by Gasteiger charge is -2.34. The van der Waals surface area contributed by atoms with E-state index in [1.54, 1.807) is 11.3 Å². The van der Waals surface area contributed by atoms with Crippen molar-refractivity contribution in [3.8, 4) is 0 Å². The third kappa shape index (κ3) is 5.06. The van der Waals surface area contributed by atoms with Crippen molar-refractivity contribution in [2.45, 2.75) is 20.0 Å². The molecule has 2 heterocycles. The van der Waals surface area contributed by atoms with E-state index in [0.29, 0.717) is 12.1 Å². The minimum atomic E-state index is -0.0622. The minimum absolute atomic E-state index is 0.0622. The van der Waals surface area contributed by atoms with Gasteiger partial charge in [0.25, 0.3) is 5.91 Å². The Morgan fingerprint density at radius 3 is 2.35 bits per heavy atom. The van der Waals surface area contributed by atoms with Crippen LogP contribution in [0.15, 0.2) is 36.4 Å². The third-order valence-electron chi connectivity index (χ3n) is 4.41. The number of hydrogen-bond donors (Lipinski definition) is 1. The van der Waals surface area contributed by atoms with Crippen molar-refractivity contribution in [3.63, 3.8) is 0 Å². The maximum atomic E-state index is 12.7. The van der Waals surface area contributed by atoms with Gasteiger partial charge >= 0.3 is 0 Å². The number of piperazine rings is 1. The molecule has 1 N–H and O–H groups in total. The van der Waals surface area contributed by atoms with Crippen LogP contribution in [0.1, 0.15) is 27.7 Å². The Bertz CT molecular complexity index is 767. The molecular weight excluding hydrogens is 370 g/mol. The van der Waals surface area contributed by atoms with Crippen molar-refractivity contribution in [3.05, 3.63) is 56.7 Å². The Balaban J connectivity index is 1.50. The highest BCUT2D eigenvalue weighted by Gasteiger charge is 2.22. The maximum absolute atomic E-state index is 12.7. The van der Waals surface area contributed by atoms with E-state index >= 15 is 0 Å². The predicted octanol–water partition coefficient (Wildman–Crippen LogP) is 3.00. The van der Waals surface area contributed by atoms with E-state index < -0.39 is 0 Å². The maximum Gasteiger partial charge on any atom is 0.253 e. The van der Waals surface area contributed by atoms with Gasteiger partial charge in [0.05, 0.1) is 4.34 Å². The fourth-order valence-corrected chi connectivity index (χ4v) is 4.07. The average Bonchev–Trinajstić information content (AvgIpc) is 3.05. The minimum Gasteiger partial charge on any atom is -0.352 e. The number of rotatable bonds is 5. The molecule has 0 spiro atoms. The Morgan fingerprint density at radius 2 is 1.77 bits per heavy atom. The summed E-state index contributed by atoms with van der Waals surface area (Å²) in [6.07, 6.45) is 0. The number of nitrogens with zero attached hydrogens (tertiary/aromatic N) is 2. The summed E-state index contributed by atoms with van der Waals surface area (Å²) in [6, 6.07) is 11.4. The van der Waals surface area contributed by atoms with E-state index in [9.17, 15) is 9.59 Å². The molecule has 138 valence electrons. The highest BCUT2D eigenvalue weighted by Crippen LogP contribution is 2.23. The average molecular weight is 392 g/mol. The van der Waals surface area contributed by atoms with Crippen LogP contribution < -0.4 is 5.32 Å². The van der Waals surface area contributed by atoms with Gasteiger partial charge in [-0.25, -0.2) is 0 Å². The highest BCUT2D eigenvalue weighted by atomic mass is 35.5. The molecule has 26 heavy (non-hydrogen) atoms. The zero-order valence-electron chi connectivity index (χ0n) is 14.7. The van der Waals surface area contributed by atoms with E-state index in [1.165, 1.54) is 11.8 Å². The van der Waals surface area contributed by atoms with Gasteiger partial charge in [0.1, 0.15) is 0 Å². The topological polar surface area (TPSA) is 52.7 Å². The Hall–Kier alpha value is -1.89. The fourth-order valence-electron chi connectivity index (χ4n) is 2.94. The molecule has 1 aliphatic heterocycles. The standard InChI is InChI=1S/C19H22ClN3O2S/c1-14(24)21-12-15-2-4-16(5-3-15)19(25)23-10-8-22(9-11-23)13-17-6-7-18(20)26-17/h2-7H,8-13H2,1H3,(H,21,24). The second-order valence-corrected chi connectivity index (χ2v) is 8.18. The van der Waals surface area contributed by atoms with Crippen molar-refractivity contribution in [1.82, 2.24) is 15.1 Å². The molecule has 5 nitrogen and oxygen atoms in total. The number of halogens is 1. The number of benzene rings is 1. The van der Waals surface area contributed by atoms with Gasteiger partial charge in [-0.05, 0) is 29.8 Å². The van der Waals surface area contributed by atoms with Crippen LogP contribution in [0.5, 0.6) is 0 Å². The van der Waals surface area contributed by atoms with E-state index in [0.717, 1.165) is 42.6 Å². The van der Waals surface area contributed by atoms with E-state index in [-0.39, 0.29) is 11.8 Å². The largest absolute Gasteiger partial charge is 0.352 e. The van der Waals surface area contributed by atoms with Gasteiger partial charge in [0, 0.05) is 56.6 Å². The van der Waals surface area contributed by atoms with Crippen LogP contribution in [0.25, 0.3) is 0 Å². The van der Waals surface area contributed by atoms with Crippen LogP contribution in [0, 0.1) is 0 Å². The monoisotopic (exact) mass is 391 g/mol. The first kappa shape index (κ1) is 18.9. The lowest BCUT2D eigenvalue weighted by atomic mass is 10.1. The Morgan fingerprint density at radius 1 is 1.08 bits per heavy atom. The molecule has 0 aliphatic carbocycles. The SMILES string of the molecule is CC(=O)NCc1ccc(C(=O)N2CCN(Cc3ccc(Cl)s3)CC2)cc1. The molecule has 1 fully saturated rings. The zero-order chi connectivity index (χ0) is 18.5. The summed E-state index contributed by atoms with van der Waals surface area (Å²) in [7, 11) is 0. The van der Waals surface area contributed by atoms with Gasteiger partial charge in [0.2, 0.25) is 5.91 Å². The fraction of sp³-hybridized carbons (Fsp3) is 0.368. The molecule has 1 saturated heterocycles. The summed E-state index contributed by atoms with van der Waals surface area (Å²) in [5.41, 5.74) is 1.67. The van der Waals surface area contributed by atoms with Crippen molar-refractivity contribution >= 4 is 34.8 Å². The molecule has 0 bridgehead atoms. The number of amides is 2. The molecule has 1 aliphatic rings. The number of nitrogens with one attached hydrogen (secondary N) is 1. The molecular formula is C19H22ClN3O2S. The first-order chi connectivity index (χ1) is 12.5. The number of hydrogen-bond acceptors (Lipinski definition) is 4. The van der Waals surface area contributed by atoms with Crippen LogP contribution in [-0.2, 0) is 17.9 Å². The van der Waals surface area contributed by atoms with Crippen LogP contribution in [0.3, 0.4) is 0 Å². The van der Waals surface area contributed by atoms with Crippen molar-refractivity contribution in [2.24, 2.45) is 0 Å². The van der Waals surface area contributed by atoms with Crippen molar-refractivity contribution < 1.29 is 9.59 Å². The van der Waals surface area contributed by atoms with Gasteiger partial charge in [-0.2, -0.15) is 0 Å². The van der Waals surface area contributed by atoms with E-state index in [4.69, 9.17) is 11.6 Å². The summed E-state index contributed by atoms with van der Waals surface area (Å²) < 4.78 is 0.816. The smallest absolute Gasteiger partial charge is 0.253 e. The molecule has 2 amide bonds. The Labute approximate surface area is 162 Å². The van der Waals surface area contributed by atoms with Gasteiger partial charge < -0.3 is 10.2 Å². The molecule has 0 atom stereocenters. The molecule has 2 aromatic rings. The molecule has 3 rings (SSSR count). The molecule has 1 aromatic heterocycles. The van der Waals surface area contributed by atoms with Crippen LogP contribution >= 0.6 is 22.9 Å². The molecule has 0 unspecified atom stereocenters. The van der Waals surface area contributed by atoms with Crippen LogP contribution in [0.2, 0.25) is 4.34 Å². The summed E-state index contributed by atoms with van der Waals surface area (Å²) >= 11 is 7.59. The second-order valence-electron chi connectivity index (χ2n) is 6.38. The summed E-state index contributed by atoms with van der Waals surface area (Å²) in [5, 5.41) is 2.75. The highest BCUT2D eigenvalue weighted by molar-refractivity contribution is 7.16. The van der Waals surface area contributed by atoms with Gasteiger partial charge in [0.15, 0.2) is 0 Å². The van der Waals surface area contributed by atoms with Crippen molar-refractivity contribution in [2.75, 3.05) is 26.2 Å². The number of thiophene rings is 1. The lowest BCUT2D eigenvalue weighted by Crippen LogP contribution is -2.48. The summed E-state index contributed by atoms with van der Waals surface area (Å²) in [6.45, 7) is 6.04. The van der Waals surface area contributed by atoms with E-state index in [2.05, 4.69) is 16.3 Å². The summed E-state index contributed by atoms with van der Waals surface area (Å²) in [4.78, 5) is 29.1. The van der Waals surface area contributed by atoms with Crippen LogP contribution in [-0.4, -0.2) is 47.8 Å². The number of carbonyl (C=O) groups excluding carboxylic acids is 2. The van der Waals surface area contributed by atoms with Gasteiger partial charge in [-0.1, -0.05) is 23.7 Å². The number of carbonyl (C=O) groups is 2. The van der Waals surface area contributed by atoms with Crippen molar-refractivity contribution in [1.29, 1.82) is 0 Å². The first-order valence-corrected chi connectivity index (χ1v) is 9.80. The zero-order valence-corrected chi connectivity index (χ0v) is 16.3. The molecule has 0 radical (unpaired) electrons. The van der Waals surface area contributed by atoms with Gasteiger partial charge in [-0.15, -0.1) is 11.3 Å². The molecule has 1 aromatic carbocycles. The molecule has 0 saturated carbocycles. The second kappa shape index (κ2) is 8.66. The third-order valence-corrected chi connectivity index (χ3v) is 5.63. The van der Waals surface area contributed by atoms with Crippen LogP contribution in [0.4, 0.5) is 0 Å². The molecule has 7 heteroatoms. The summed E-state index contributed by atoms with van der Waals surface area (Å²) in [5.74, 6) is 0.00254. The van der Waals surface area contributed by atoms with Gasteiger partial charge in [-0.3, -0.25) is 14.5 Å². The quantitative estimate of drug-likeness (QED) is 0.852. The van der Waals surface area contributed by atoms with E-state index in [1.807, 2.05) is 35.2 Å². The Kier molecular flexibility index (Phi) is 6.29. The first-order valence-electron chi connectivity index (χ1n) is 8.60. The predicted molar refractivity (Wildman–Crippen MR) is 104 cm³/mol. The lowest BCUT2D eigenvalue weighted by molar-refractivity contribution is -0.119.